The third-order valence-corrected chi connectivity index (χ3v) is 5.88. The predicted molar refractivity (Wildman–Crippen MR) is 117 cm³/mol. The van der Waals surface area contributed by atoms with Crippen molar-refractivity contribution in [2.45, 2.75) is 25.4 Å². The van der Waals surface area contributed by atoms with Gasteiger partial charge in [0.1, 0.15) is 5.82 Å². The molecule has 1 aliphatic rings. The molecule has 1 N–H and O–H groups in total. The molecule has 1 atom stereocenters. The first-order chi connectivity index (χ1) is 15.1. The maximum absolute atomic E-state index is 13.1. The number of fused-ring (bicyclic) bond motifs is 2. The molecular formula is C22H22N6O3. The Kier molecular flexibility index (Phi) is 4.74. The molecule has 9 heteroatoms. The van der Waals surface area contributed by atoms with Crippen LogP contribution in [0.1, 0.15) is 24.7 Å². The summed E-state index contributed by atoms with van der Waals surface area (Å²) < 4.78 is 3.09. The monoisotopic (exact) mass is 418 g/mol. The van der Waals surface area contributed by atoms with Gasteiger partial charge in [-0.3, -0.25) is 23.7 Å². The number of para-hydroxylation sites is 1. The number of benzene rings is 1. The lowest BCUT2D eigenvalue weighted by molar-refractivity contribution is 0.270. The van der Waals surface area contributed by atoms with Crippen molar-refractivity contribution in [1.29, 1.82) is 0 Å². The van der Waals surface area contributed by atoms with Crippen molar-refractivity contribution in [3.05, 3.63) is 69.3 Å². The van der Waals surface area contributed by atoms with E-state index in [1.807, 2.05) is 17.0 Å². The van der Waals surface area contributed by atoms with Crippen LogP contribution in [0.2, 0.25) is 0 Å². The van der Waals surface area contributed by atoms with E-state index in [4.69, 9.17) is 9.97 Å². The second kappa shape index (κ2) is 7.59. The fourth-order valence-electron chi connectivity index (χ4n) is 4.40. The Morgan fingerprint density at radius 1 is 1.06 bits per heavy atom. The van der Waals surface area contributed by atoms with Gasteiger partial charge < -0.3 is 10.0 Å². The summed E-state index contributed by atoms with van der Waals surface area (Å²) in [6.07, 6.45) is 4.79. The summed E-state index contributed by atoms with van der Waals surface area (Å²) in [6, 6.07) is 8.65. The zero-order valence-corrected chi connectivity index (χ0v) is 17.1. The minimum absolute atomic E-state index is 0.146. The van der Waals surface area contributed by atoms with E-state index >= 15 is 0 Å². The van der Waals surface area contributed by atoms with Gasteiger partial charge in [0.05, 0.1) is 47.2 Å². The van der Waals surface area contributed by atoms with Gasteiger partial charge in [-0.05, 0) is 31.0 Å². The van der Waals surface area contributed by atoms with Crippen molar-refractivity contribution in [2.24, 2.45) is 7.05 Å². The van der Waals surface area contributed by atoms with Crippen molar-refractivity contribution >= 4 is 27.8 Å². The van der Waals surface area contributed by atoms with Crippen LogP contribution in [0.3, 0.4) is 0 Å². The third kappa shape index (κ3) is 3.09. The number of aromatic nitrogens is 5. The summed E-state index contributed by atoms with van der Waals surface area (Å²) in [5.74, 6) is 1.10. The quantitative estimate of drug-likeness (QED) is 0.534. The smallest absolute Gasteiger partial charge is 0.262 e. The molecule has 1 aliphatic heterocycles. The Labute approximate surface area is 177 Å². The van der Waals surface area contributed by atoms with E-state index < -0.39 is 0 Å². The summed E-state index contributed by atoms with van der Waals surface area (Å²) >= 11 is 0. The number of pyridine rings is 1. The maximum Gasteiger partial charge on any atom is 0.262 e. The van der Waals surface area contributed by atoms with Crippen molar-refractivity contribution in [3.8, 4) is 0 Å². The van der Waals surface area contributed by atoms with Gasteiger partial charge in [-0.1, -0.05) is 12.1 Å². The van der Waals surface area contributed by atoms with Crippen LogP contribution in [0.5, 0.6) is 0 Å². The first kappa shape index (κ1) is 19.4. The second-order valence-electron chi connectivity index (χ2n) is 7.69. The number of rotatable bonds is 4. The average Bonchev–Trinajstić information content (AvgIpc) is 3.27. The highest BCUT2D eigenvalue weighted by atomic mass is 16.3. The lowest BCUT2D eigenvalue weighted by Gasteiger charge is -2.28. The molecule has 0 amide bonds. The summed E-state index contributed by atoms with van der Waals surface area (Å²) in [6.45, 7) is 0.668. The summed E-state index contributed by atoms with van der Waals surface area (Å²) in [5, 5.41) is 10.6. The minimum atomic E-state index is -0.240. The first-order valence-corrected chi connectivity index (χ1v) is 10.3. The van der Waals surface area contributed by atoms with E-state index in [0.717, 1.165) is 12.8 Å². The summed E-state index contributed by atoms with van der Waals surface area (Å²) in [5.41, 5.74) is 0.830. The van der Waals surface area contributed by atoms with E-state index in [9.17, 15) is 14.7 Å². The van der Waals surface area contributed by atoms with E-state index in [1.165, 1.54) is 4.57 Å². The molecule has 0 bridgehead atoms. The van der Waals surface area contributed by atoms with Crippen LogP contribution in [0.25, 0.3) is 21.8 Å². The standard InChI is InChI=1S/C22H22N6O3/c1-26-20(30)15-8-9-23-13-17(15)25-22(26)27-10-4-7-18(27)19-24-16-6-3-2-5-14(16)21(31)28(19)11-12-29/h2-3,5-6,8-9,13,18,29H,4,7,10-12H2,1H3. The van der Waals surface area contributed by atoms with Crippen LogP contribution >= 0.6 is 0 Å². The highest BCUT2D eigenvalue weighted by molar-refractivity contribution is 5.78. The van der Waals surface area contributed by atoms with Gasteiger partial charge >= 0.3 is 0 Å². The van der Waals surface area contributed by atoms with Crippen molar-refractivity contribution in [3.63, 3.8) is 0 Å². The number of anilines is 1. The minimum Gasteiger partial charge on any atom is -0.395 e. The van der Waals surface area contributed by atoms with Crippen LogP contribution in [0, 0.1) is 0 Å². The molecule has 158 valence electrons. The van der Waals surface area contributed by atoms with Crippen LogP contribution in [-0.4, -0.2) is 42.3 Å². The molecule has 4 aromatic rings. The van der Waals surface area contributed by atoms with Gasteiger partial charge in [-0.25, -0.2) is 9.97 Å². The van der Waals surface area contributed by atoms with Crippen LogP contribution in [0.15, 0.2) is 52.3 Å². The number of aliphatic hydroxyl groups is 1. The summed E-state index contributed by atoms with van der Waals surface area (Å²) in [4.78, 5) is 41.7. The number of hydrogen-bond donors (Lipinski definition) is 1. The van der Waals surface area contributed by atoms with Crippen LogP contribution < -0.4 is 16.0 Å². The Balaban J connectivity index is 1.70. The Morgan fingerprint density at radius 2 is 1.87 bits per heavy atom. The molecule has 0 saturated carbocycles. The molecule has 1 saturated heterocycles. The van der Waals surface area contributed by atoms with Crippen LogP contribution in [0.4, 0.5) is 5.95 Å². The summed E-state index contributed by atoms with van der Waals surface area (Å²) in [7, 11) is 1.70. The second-order valence-corrected chi connectivity index (χ2v) is 7.69. The van der Waals surface area contributed by atoms with Crippen molar-refractivity contribution < 1.29 is 5.11 Å². The molecule has 9 nitrogen and oxygen atoms in total. The van der Waals surface area contributed by atoms with Gasteiger partial charge in [-0.2, -0.15) is 0 Å². The fraction of sp³-hybridized carbons (Fsp3) is 0.318. The molecule has 1 unspecified atom stereocenters. The highest BCUT2D eigenvalue weighted by Crippen LogP contribution is 2.34. The molecular weight excluding hydrogens is 396 g/mol. The predicted octanol–water partition coefficient (Wildman–Crippen LogP) is 1.37. The van der Waals surface area contributed by atoms with E-state index in [1.54, 1.807) is 42.2 Å². The van der Waals surface area contributed by atoms with Gasteiger partial charge in [0.15, 0.2) is 0 Å². The molecule has 0 aliphatic carbocycles. The Bertz CT molecular complexity index is 1410. The number of aliphatic hydroxyl groups excluding tert-OH is 1. The zero-order valence-electron chi connectivity index (χ0n) is 17.1. The topological polar surface area (TPSA) is 106 Å². The zero-order chi connectivity index (χ0) is 21.5. The molecule has 31 heavy (non-hydrogen) atoms. The van der Waals surface area contributed by atoms with Crippen LogP contribution in [-0.2, 0) is 13.6 Å². The lowest BCUT2D eigenvalue weighted by Crippen LogP contribution is -2.36. The highest BCUT2D eigenvalue weighted by Gasteiger charge is 2.33. The molecule has 0 spiro atoms. The third-order valence-electron chi connectivity index (χ3n) is 5.88. The lowest BCUT2D eigenvalue weighted by atomic mass is 10.1. The average molecular weight is 418 g/mol. The molecule has 5 rings (SSSR count). The normalized spacial score (nSPS) is 16.5. The first-order valence-electron chi connectivity index (χ1n) is 10.3. The number of hydrogen-bond acceptors (Lipinski definition) is 7. The number of nitrogens with zero attached hydrogens (tertiary/aromatic N) is 6. The SMILES string of the molecule is Cn1c(N2CCCC2c2nc3ccccc3c(=O)n2CCO)nc2cnccc2c1=O. The van der Waals surface area contributed by atoms with E-state index in [0.29, 0.717) is 40.1 Å². The van der Waals surface area contributed by atoms with Gasteiger partial charge in [-0.15, -0.1) is 0 Å². The Morgan fingerprint density at radius 3 is 2.71 bits per heavy atom. The fourth-order valence-corrected chi connectivity index (χ4v) is 4.40. The van der Waals surface area contributed by atoms with E-state index in [-0.39, 0.29) is 30.3 Å². The molecule has 4 heterocycles. The molecule has 1 fully saturated rings. The molecule has 1 aromatic carbocycles. The van der Waals surface area contributed by atoms with Crippen molar-refractivity contribution in [1.82, 2.24) is 24.1 Å². The van der Waals surface area contributed by atoms with Gasteiger partial charge in [0.2, 0.25) is 5.95 Å². The largest absolute Gasteiger partial charge is 0.395 e. The maximum atomic E-state index is 13.1. The molecule has 0 radical (unpaired) electrons. The Hall–Kier alpha value is -3.59. The van der Waals surface area contributed by atoms with Gasteiger partial charge in [0.25, 0.3) is 11.1 Å². The molecule has 3 aromatic heterocycles. The van der Waals surface area contributed by atoms with Crippen molar-refractivity contribution in [2.75, 3.05) is 18.1 Å². The van der Waals surface area contributed by atoms with Gasteiger partial charge in [0, 0.05) is 19.8 Å². The van der Waals surface area contributed by atoms with E-state index in [2.05, 4.69) is 4.98 Å².